The summed E-state index contributed by atoms with van der Waals surface area (Å²) in [5.41, 5.74) is 0.448. The lowest BCUT2D eigenvalue weighted by Gasteiger charge is -2.20. The van der Waals surface area contributed by atoms with Crippen LogP contribution in [0.15, 0.2) is 24.3 Å². The fourth-order valence-corrected chi connectivity index (χ4v) is 2.70. The first-order valence-electron chi connectivity index (χ1n) is 7.12. The zero-order valence-electron chi connectivity index (χ0n) is 11.8. The predicted molar refractivity (Wildman–Crippen MR) is 76.2 cm³/mol. The molecular weight excluding hydrogens is 252 g/mol. The van der Waals surface area contributed by atoms with Gasteiger partial charge in [0.2, 0.25) is 0 Å². The molecule has 20 heavy (non-hydrogen) atoms. The van der Waals surface area contributed by atoms with Gasteiger partial charge in [0, 0.05) is 6.04 Å². The molecule has 0 saturated heterocycles. The van der Waals surface area contributed by atoms with Crippen LogP contribution < -0.4 is 10.1 Å². The Morgan fingerprint density at radius 2 is 2.15 bits per heavy atom. The van der Waals surface area contributed by atoms with E-state index in [4.69, 9.17) is 10.00 Å². The first-order chi connectivity index (χ1) is 9.70. The van der Waals surface area contributed by atoms with Crippen molar-refractivity contribution in [2.75, 3.05) is 6.61 Å². The second-order valence-corrected chi connectivity index (χ2v) is 5.30. The fraction of sp³-hybridized carbons (Fsp3) is 0.500. The number of amides is 1. The molecule has 0 radical (unpaired) electrons. The Kier molecular flexibility index (Phi) is 5.00. The van der Waals surface area contributed by atoms with Crippen molar-refractivity contribution in [3.8, 4) is 11.8 Å². The molecule has 0 heterocycles. The molecule has 1 atom stereocenters. The van der Waals surface area contributed by atoms with E-state index in [0.29, 0.717) is 17.2 Å². The number of nitrogens with zero attached hydrogens (tertiary/aromatic N) is 1. The Morgan fingerprint density at radius 1 is 1.45 bits per heavy atom. The molecule has 2 rings (SSSR count). The molecule has 1 saturated carbocycles. The molecule has 1 aromatic carbocycles. The highest BCUT2D eigenvalue weighted by atomic mass is 16.5. The lowest BCUT2D eigenvalue weighted by atomic mass is 10.00. The standard InChI is InChI=1S/C16H20N2O2/c1-12(13-6-2-3-7-13)18-16(19)11-20-15-9-5-4-8-14(15)10-17/h4-5,8-9,12-13H,2-3,6-7,11H2,1H3,(H,18,19). The summed E-state index contributed by atoms with van der Waals surface area (Å²) in [6.07, 6.45) is 4.91. The third-order valence-corrected chi connectivity index (χ3v) is 3.86. The summed E-state index contributed by atoms with van der Waals surface area (Å²) >= 11 is 0. The van der Waals surface area contributed by atoms with E-state index in [-0.39, 0.29) is 18.6 Å². The zero-order chi connectivity index (χ0) is 14.4. The Bertz CT molecular complexity index is 501. The summed E-state index contributed by atoms with van der Waals surface area (Å²) in [7, 11) is 0. The van der Waals surface area contributed by atoms with Crippen LogP contribution in [0.25, 0.3) is 0 Å². The minimum Gasteiger partial charge on any atom is -0.482 e. The molecule has 0 bridgehead atoms. The summed E-state index contributed by atoms with van der Waals surface area (Å²) in [5, 5.41) is 11.9. The van der Waals surface area contributed by atoms with Gasteiger partial charge in [-0.1, -0.05) is 25.0 Å². The molecule has 4 nitrogen and oxygen atoms in total. The van der Waals surface area contributed by atoms with E-state index in [0.717, 1.165) is 0 Å². The van der Waals surface area contributed by atoms with Gasteiger partial charge in [0.1, 0.15) is 11.8 Å². The number of nitriles is 1. The summed E-state index contributed by atoms with van der Waals surface area (Å²) < 4.78 is 5.42. The van der Waals surface area contributed by atoms with Crippen molar-refractivity contribution in [1.29, 1.82) is 5.26 Å². The SMILES string of the molecule is CC(NC(=O)COc1ccccc1C#N)C1CCCC1. The van der Waals surface area contributed by atoms with E-state index in [2.05, 4.69) is 12.2 Å². The Labute approximate surface area is 119 Å². The topological polar surface area (TPSA) is 62.1 Å². The van der Waals surface area contributed by atoms with Crippen LogP contribution in [-0.4, -0.2) is 18.6 Å². The molecule has 4 heteroatoms. The van der Waals surface area contributed by atoms with Gasteiger partial charge in [-0.05, 0) is 37.8 Å². The molecule has 0 aromatic heterocycles. The quantitative estimate of drug-likeness (QED) is 0.896. The van der Waals surface area contributed by atoms with Crippen LogP contribution in [0.3, 0.4) is 0 Å². The van der Waals surface area contributed by atoms with Crippen LogP contribution in [0.4, 0.5) is 0 Å². The molecule has 1 unspecified atom stereocenters. The van der Waals surface area contributed by atoms with Gasteiger partial charge in [-0.3, -0.25) is 4.79 Å². The third-order valence-electron chi connectivity index (χ3n) is 3.86. The Balaban J connectivity index is 1.81. The van der Waals surface area contributed by atoms with E-state index in [9.17, 15) is 4.79 Å². The maximum atomic E-state index is 11.9. The zero-order valence-corrected chi connectivity index (χ0v) is 11.8. The van der Waals surface area contributed by atoms with Crippen LogP contribution in [0, 0.1) is 17.2 Å². The normalized spacial score (nSPS) is 16.4. The summed E-state index contributed by atoms with van der Waals surface area (Å²) in [4.78, 5) is 11.9. The monoisotopic (exact) mass is 272 g/mol. The highest BCUT2D eigenvalue weighted by Crippen LogP contribution is 2.27. The second kappa shape index (κ2) is 6.95. The molecular formula is C16H20N2O2. The lowest BCUT2D eigenvalue weighted by Crippen LogP contribution is -2.39. The average molecular weight is 272 g/mol. The molecule has 1 amide bonds. The van der Waals surface area contributed by atoms with Gasteiger partial charge < -0.3 is 10.1 Å². The third kappa shape index (κ3) is 3.74. The fourth-order valence-electron chi connectivity index (χ4n) is 2.70. The maximum Gasteiger partial charge on any atom is 0.258 e. The van der Waals surface area contributed by atoms with Crippen LogP contribution in [-0.2, 0) is 4.79 Å². The lowest BCUT2D eigenvalue weighted by molar-refractivity contribution is -0.124. The van der Waals surface area contributed by atoms with Gasteiger partial charge in [0.25, 0.3) is 5.91 Å². The van der Waals surface area contributed by atoms with Gasteiger partial charge in [0.15, 0.2) is 6.61 Å². The molecule has 106 valence electrons. The van der Waals surface area contributed by atoms with E-state index < -0.39 is 0 Å². The Morgan fingerprint density at radius 3 is 2.85 bits per heavy atom. The first-order valence-corrected chi connectivity index (χ1v) is 7.12. The van der Waals surface area contributed by atoms with Crippen molar-refractivity contribution in [3.63, 3.8) is 0 Å². The van der Waals surface area contributed by atoms with Crippen LogP contribution >= 0.6 is 0 Å². The number of benzene rings is 1. The highest BCUT2D eigenvalue weighted by Gasteiger charge is 2.22. The number of nitrogens with one attached hydrogen (secondary N) is 1. The number of rotatable bonds is 5. The number of hydrogen-bond donors (Lipinski definition) is 1. The molecule has 1 fully saturated rings. The van der Waals surface area contributed by atoms with Crippen molar-refractivity contribution in [3.05, 3.63) is 29.8 Å². The molecule has 1 aliphatic rings. The minimum absolute atomic E-state index is 0.0459. The minimum atomic E-state index is -0.128. The van der Waals surface area contributed by atoms with Gasteiger partial charge >= 0.3 is 0 Å². The van der Waals surface area contributed by atoms with Gasteiger partial charge in [-0.15, -0.1) is 0 Å². The van der Waals surface area contributed by atoms with Crippen LogP contribution in [0.2, 0.25) is 0 Å². The van der Waals surface area contributed by atoms with Crippen LogP contribution in [0.5, 0.6) is 5.75 Å². The molecule has 0 spiro atoms. The number of hydrogen-bond acceptors (Lipinski definition) is 3. The average Bonchev–Trinajstić information content (AvgIpc) is 2.99. The van der Waals surface area contributed by atoms with E-state index in [1.54, 1.807) is 24.3 Å². The van der Waals surface area contributed by atoms with Crippen molar-refractivity contribution in [1.82, 2.24) is 5.32 Å². The molecule has 1 N–H and O–H groups in total. The second-order valence-electron chi connectivity index (χ2n) is 5.30. The largest absolute Gasteiger partial charge is 0.482 e. The predicted octanol–water partition coefficient (Wildman–Crippen LogP) is 2.63. The summed E-state index contributed by atoms with van der Waals surface area (Å²) in [5.74, 6) is 0.918. The molecule has 1 aromatic rings. The van der Waals surface area contributed by atoms with Crippen molar-refractivity contribution < 1.29 is 9.53 Å². The number of carbonyl (C=O) groups is 1. The molecule has 1 aliphatic carbocycles. The van der Waals surface area contributed by atoms with Crippen molar-refractivity contribution in [2.24, 2.45) is 5.92 Å². The number of carbonyl (C=O) groups excluding carboxylic acids is 1. The van der Waals surface area contributed by atoms with Crippen molar-refractivity contribution >= 4 is 5.91 Å². The maximum absolute atomic E-state index is 11.9. The van der Waals surface area contributed by atoms with E-state index in [1.807, 2.05) is 6.07 Å². The number of para-hydroxylation sites is 1. The van der Waals surface area contributed by atoms with Crippen molar-refractivity contribution in [2.45, 2.75) is 38.6 Å². The Hall–Kier alpha value is -2.02. The van der Waals surface area contributed by atoms with Crippen LogP contribution in [0.1, 0.15) is 38.2 Å². The summed E-state index contributed by atoms with van der Waals surface area (Å²) in [6.45, 7) is 2.01. The number of ether oxygens (including phenoxy) is 1. The first kappa shape index (κ1) is 14.4. The van der Waals surface area contributed by atoms with Gasteiger partial charge in [-0.25, -0.2) is 0 Å². The van der Waals surface area contributed by atoms with E-state index >= 15 is 0 Å². The van der Waals surface area contributed by atoms with Gasteiger partial charge in [-0.2, -0.15) is 5.26 Å². The molecule has 0 aliphatic heterocycles. The smallest absolute Gasteiger partial charge is 0.258 e. The summed E-state index contributed by atoms with van der Waals surface area (Å²) in [6, 6.07) is 9.18. The van der Waals surface area contributed by atoms with Gasteiger partial charge in [0.05, 0.1) is 5.56 Å². The van der Waals surface area contributed by atoms with E-state index in [1.165, 1.54) is 25.7 Å². The highest BCUT2D eigenvalue weighted by molar-refractivity contribution is 5.77.